The molecule has 0 spiro atoms. The molecule has 2 aromatic rings. The molecule has 2 unspecified atom stereocenters. The number of nitrogens with one attached hydrogen (secondary N) is 2. The molecular weight excluding hydrogens is 375 g/mol. The minimum absolute atomic E-state index is 0.197. The van der Waals surface area contributed by atoms with Gasteiger partial charge in [-0.1, -0.05) is 30.3 Å². The van der Waals surface area contributed by atoms with Crippen LogP contribution >= 0.6 is 0 Å². The van der Waals surface area contributed by atoms with Crippen LogP contribution in [0.4, 0.5) is 19.0 Å². The van der Waals surface area contributed by atoms with Crippen molar-refractivity contribution in [2.45, 2.75) is 23.4 Å². The zero-order chi connectivity index (χ0) is 19.3. The number of hydrogen-bond donors (Lipinski definition) is 3. The number of hydrogen-bond acceptors (Lipinski definition) is 5. The topological polar surface area (TPSA) is 112 Å². The van der Waals surface area contributed by atoms with Crippen LogP contribution in [0.2, 0.25) is 0 Å². The molecule has 3 rings (SSSR count). The second-order valence-corrected chi connectivity index (χ2v) is 8.19. The van der Waals surface area contributed by atoms with Crippen molar-refractivity contribution in [3.63, 3.8) is 0 Å². The summed E-state index contributed by atoms with van der Waals surface area (Å²) in [5.74, 6) is -1.62. The van der Waals surface area contributed by atoms with E-state index in [0.717, 1.165) is 6.26 Å². The molecule has 11 heteroatoms. The minimum Gasteiger partial charge on any atom is -0.376 e. The van der Waals surface area contributed by atoms with Gasteiger partial charge in [-0.2, -0.15) is 18.3 Å². The van der Waals surface area contributed by atoms with Crippen LogP contribution in [0.1, 0.15) is 28.5 Å². The maximum absolute atomic E-state index is 13.6. The SMILES string of the molecule is CS(=O)(=O)C(c1ccccc1)c1[nH]nc2c1C(O)(C(F)(F)F)CC(=O)N2. The lowest BCUT2D eigenvalue weighted by Crippen LogP contribution is -2.48. The third-order valence-corrected chi connectivity index (χ3v) is 5.51. The van der Waals surface area contributed by atoms with Crippen molar-refractivity contribution in [3.05, 3.63) is 47.2 Å². The van der Waals surface area contributed by atoms with Crippen LogP contribution in [0.15, 0.2) is 30.3 Å². The number of aromatic amines is 1. The van der Waals surface area contributed by atoms with E-state index in [0.29, 0.717) is 0 Å². The highest BCUT2D eigenvalue weighted by Crippen LogP contribution is 2.50. The molecule has 1 aromatic heterocycles. The quantitative estimate of drug-likeness (QED) is 0.739. The lowest BCUT2D eigenvalue weighted by Gasteiger charge is -2.34. The summed E-state index contributed by atoms with van der Waals surface area (Å²) in [4.78, 5) is 11.6. The van der Waals surface area contributed by atoms with Gasteiger partial charge < -0.3 is 10.4 Å². The van der Waals surface area contributed by atoms with E-state index in [1.165, 1.54) is 24.3 Å². The fraction of sp³-hybridized carbons (Fsp3) is 0.333. The van der Waals surface area contributed by atoms with Gasteiger partial charge in [-0.25, -0.2) is 8.42 Å². The Labute approximate surface area is 146 Å². The third kappa shape index (κ3) is 2.86. The number of fused-ring (bicyclic) bond motifs is 1. The van der Waals surface area contributed by atoms with Crippen LogP contribution in [-0.4, -0.2) is 42.1 Å². The first-order valence-electron chi connectivity index (χ1n) is 7.36. The Morgan fingerprint density at radius 3 is 2.42 bits per heavy atom. The van der Waals surface area contributed by atoms with Crippen molar-refractivity contribution in [2.24, 2.45) is 0 Å². The minimum atomic E-state index is -5.21. The summed E-state index contributed by atoms with van der Waals surface area (Å²) in [7, 11) is -3.95. The highest BCUT2D eigenvalue weighted by atomic mass is 32.2. The van der Waals surface area contributed by atoms with E-state index >= 15 is 0 Å². The molecule has 1 aliphatic heterocycles. The van der Waals surface area contributed by atoms with Crippen molar-refractivity contribution >= 4 is 21.6 Å². The molecule has 0 fully saturated rings. The largest absolute Gasteiger partial charge is 0.422 e. The van der Waals surface area contributed by atoms with E-state index in [-0.39, 0.29) is 5.56 Å². The molecule has 7 nitrogen and oxygen atoms in total. The number of alkyl halides is 3. The Kier molecular flexibility index (Phi) is 4.11. The normalized spacial score (nSPS) is 21.8. The first-order chi connectivity index (χ1) is 11.9. The monoisotopic (exact) mass is 389 g/mol. The Balaban J connectivity index is 2.30. The van der Waals surface area contributed by atoms with E-state index in [2.05, 4.69) is 15.5 Å². The van der Waals surface area contributed by atoms with Crippen LogP contribution in [0, 0.1) is 0 Å². The van der Waals surface area contributed by atoms with E-state index < -0.39 is 56.3 Å². The van der Waals surface area contributed by atoms with Crippen LogP contribution in [0.25, 0.3) is 0 Å². The summed E-state index contributed by atoms with van der Waals surface area (Å²) in [6.07, 6.45) is -5.63. The van der Waals surface area contributed by atoms with Gasteiger partial charge in [0, 0.05) is 6.26 Å². The number of H-pyrrole nitrogens is 1. The van der Waals surface area contributed by atoms with Crippen molar-refractivity contribution in [1.29, 1.82) is 0 Å². The first kappa shape index (κ1) is 18.4. The number of aliphatic hydroxyl groups is 1. The first-order valence-corrected chi connectivity index (χ1v) is 9.32. The Morgan fingerprint density at radius 1 is 1.27 bits per heavy atom. The van der Waals surface area contributed by atoms with Crippen LogP contribution in [-0.2, 0) is 20.2 Å². The van der Waals surface area contributed by atoms with Gasteiger partial charge in [0.25, 0.3) is 0 Å². The highest BCUT2D eigenvalue weighted by Gasteiger charge is 2.61. The molecule has 0 aliphatic carbocycles. The molecule has 140 valence electrons. The van der Waals surface area contributed by atoms with Gasteiger partial charge >= 0.3 is 6.18 Å². The standard InChI is InChI=1S/C15H14F3N3O4S/c1-26(24,25)12(8-5-3-2-4-6-8)11-10-13(21-20-11)19-9(22)7-14(10,23)15(16,17)18/h2-6,12,23H,7H2,1H3,(H2,19,20,21,22). The number of nitrogens with zero attached hydrogens (tertiary/aromatic N) is 1. The average Bonchev–Trinajstić information content (AvgIpc) is 2.90. The molecule has 1 amide bonds. The van der Waals surface area contributed by atoms with Gasteiger partial charge in [-0.15, -0.1) is 0 Å². The zero-order valence-electron chi connectivity index (χ0n) is 13.3. The Bertz CT molecular complexity index is 956. The predicted molar refractivity (Wildman–Crippen MR) is 84.9 cm³/mol. The molecule has 2 atom stereocenters. The summed E-state index contributed by atoms with van der Waals surface area (Å²) in [6, 6.07) is 7.57. The van der Waals surface area contributed by atoms with E-state index in [1.807, 2.05) is 0 Å². The lowest BCUT2D eigenvalue weighted by atomic mass is 9.85. The second-order valence-electron chi connectivity index (χ2n) is 6.06. The van der Waals surface area contributed by atoms with Crippen LogP contribution < -0.4 is 5.32 Å². The Morgan fingerprint density at radius 2 is 1.88 bits per heavy atom. The number of anilines is 1. The van der Waals surface area contributed by atoms with E-state index in [4.69, 9.17) is 0 Å². The van der Waals surface area contributed by atoms with Gasteiger partial charge in [0.15, 0.2) is 21.3 Å². The van der Waals surface area contributed by atoms with Crippen molar-refractivity contribution in [3.8, 4) is 0 Å². The zero-order valence-corrected chi connectivity index (χ0v) is 14.1. The fourth-order valence-electron chi connectivity index (χ4n) is 3.05. The number of sulfone groups is 1. The number of aromatic nitrogens is 2. The van der Waals surface area contributed by atoms with E-state index in [1.54, 1.807) is 6.07 Å². The molecule has 0 bridgehead atoms. The summed E-state index contributed by atoms with van der Waals surface area (Å²) >= 11 is 0. The molecule has 0 radical (unpaired) electrons. The number of carbonyl (C=O) groups is 1. The van der Waals surface area contributed by atoms with Crippen molar-refractivity contribution in [2.75, 3.05) is 11.6 Å². The fourth-order valence-corrected chi connectivity index (χ4v) is 4.30. The Hall–Kier alpha value is -2.40. The molecule has 1 aromatic carbocycles. The van der Waals surface area contributed by atoms with Crippen molar-refractivity contribution < 1.29 is 31.5 Å². The van der Waals surface area contributed by atoms with Gasteiger partial charge in [0.1, 0.15) is 5.25 Å². The maximum Gasteiger partial charge on any atom is 0.422 e. The highest BCUT2D eigenvalue weighted by molar-refractivity contribution is 7.91. The number of rotatable bonds is 3. The van der Waals surface area contributed by atoms with Crippen LogP contribution in [0.3, 0.4) is 0 Å². The van der Waals surface area contributed by atoms with Crippen LogP contribution in [0.5, 0.6) is 0 Å². The summed E-state index contributed by atoms with van der Waals surface area (Å²) in [6.45, 7) is 0. The molecule has 0 saturated heterocycles. The number of carbonyl (C=O) groups excluding carboxylic acids is 1. The summed E-state index contributed by atoms with van der Waals surface area (Å²) < 4.78 is 65.4. The summed E-state index contributed by atoms with van der Waals surface area (Å²) in [5, 5.41) is 16.8. The second kappa shape index (κ2) is 5.81. The van der Waals surface area contributed by atoms with Gasteiger partial charge in [-0.05, 0) is 5.56 Å². The van der Waals surface area contributed by atoms with Gasteiger partial charge in [0.2, 0.25) is 5.91 Å². The lowest BCUT2D eigenvalue weighted by molar-refractivity contribution is -0.267. The maximum atomic E-state index is 13.6. The molecule has 3 N–H and O–H groups in total. The molecule has 2 heterocycles. The number of amides is 1. The van der Waals surface area contributed by atoms with Gasteiger partial charge in [-0.3, -0.25) is 9.89 Å². The average molecular weight is 389 g/mol. The third-order valence-electron chi connectivity index (χ3n) is 4.14. The number of benzene rings is 1. The molecule has 0 saturated carbocycles. The molecule has 1 aliphatic rings. The predicted octanol–water partition coefficient (Wildman–Crippen LogP) is 1.64. The van der Waals surface area contributed by atoms with Gasteiger partial charge in [0.05, 0.1) is 17.7 Å². The smallest absolute Gasteiger partial charge is 0.376 e. The summed E-state index contributed by atoms with van der Waals surface area (Å²) in [5.41, 5.74) is -4.58. The molecular formula is C15H14F3N3O4S. The van der Waals surface area contributed by atoms with E-state index in [9.17, 15) is 31.5 Å². The van der Waals surface area contributed by atoms with Crippen molar-refractivity contribution in [1.82, 2.24) is 10.2 Å². The number of halogens is 3. The molecule has 26 heavy (non-hydrogen) atoms.